The van der Waals surface area contributed by atoms with Crippen LogP contribution in [0.5, 0.6) is 0 Å². The minimum absolute atomic E-state index is 0.177. The van der Waals surface area contributed by atoms with Crippen molar-refractivity contribution in [1.29, 1.82) is 0 Å². The van der Waals surface area contributed by atoms with Gasteiger partial charge in [-0.15, -0.1) is 0 Å². The van der Waals surface area contributed by atoms with Crippen molar-refractivity contribution >= 4 is 17.6 Å². The highest BCUT2D eigenvalue weighted by Crippen LogP contribution is 2.43. The Labute approximate surface area is 114 Å². The van der Waals surface area contributed by atoms with E-state index in [0.717, 1.165) is 12.8 Å². The van der Waals surface area contributed by atoms with Crippen LogP contribution < -0.4 is 0 Å². The number of oxazole rings is 1. The van der Waals surface area contributed by atoms with Crippen LogP contribution in [0.4, 0.5) is 0 Å². The molecule has 0 spiro atoms. The largest absolute Gasteiger partial charge is 0.460 e. The summed E-state index contributed by atoms with van der Waals surface area (Å²) >= 11 is 5.89. The smallest absolute Gasteiger partial charge is 0.376 e. The van der Waals surface area contributed by atoms with Gasteiger partial charge in [-0.1, -0.05) is 0 Å². The fraction of sp³-hybridized carbons (Fsp3) is 0.385. The van der Waals surface area contributed by atoms with Crippen LogP contribution in [0, 0.1) is 0 Å². The third-order valence-corrected chi connectivity index (χ3v) is 3.22. The molecule has 0 aliphatic heterocycles. The molecule has 1 fully saturated rings. The van der Waals surface area contributed by atoms with Crippen molar-refractivity contribution in [3.63, 3.8) is 0 Å². The van der Waals surface area contributed by atoms with Gasteiger partial charge >= 0.3 is 5.97 Å². The van der Waals surface area contributed by atoms with E-state index in [1.54, 1.807) is 13.0 Å². The van der Waals surface area contributed by atoms with E-state index < -0.39 is 5.97 Å². The first-order valence-corrected chi connectivity index (χ1v) is 6.49. The van der Waals surface area contributed by atoms with E-state index in [9.17, 15) is 4.79 Å². The summed E-state index contributed by atoms with van der Waals surface area (Å²) in [5, 5.41) is 0.194. The van der Waals surface area contributed by atoms with Crippen LogP contribution in [0.25, 0.3) is 11.5 Å². The number of ether oxygens (including phenoxy) is 1. The van der Waals surface area contributed by atoms with Crippen LogP contribution in [0.15, 0.2) is 21.2 Å². The second kappa shape index (κ2) is 4.74. The maximum absolute atomic E-state index is 11.9. The first-order chi connectivity index (χ1) is 9.20. The van der Waals surface area contributed by atoms with Crippen LogP contribution in [0.1, 0.15) is 41.9 Å². The zero-order valence-corrected chi connectivity index (χ0v) is 11.1. The Balaban J connectivity index is 2.01. The van der Waals surface area contributed by atoms with Crippen LogP contribution in [-0.4, -0.2) is 17.6 Å². The highest BCUT2D eigenvalue weighted by molar-refractivity contribution is 6.31. The third-order valence-electron chi connectivity index (χ3n) is 2.93. The van der Waals surface area contributed by atoms with Gasteiger partial charge in [0.1, 0.15) is 0 Å². The zero-order valence-electron chi connectivity index (χ0n) is 10.3. The number of halogens is 1. The number of esters is 1. The summed E-state index contributed by atoms with van der Waals surface area (Å²) in [7, 11) is 0. The maximum Gasteiger partial charge on any atom is 0.376 e. The van der Waals surface area contributed by atoms with Crippen LogP contribution in [0.2, 0.25) is 5.22 Å². The molecule has 19 heavy (non-hydrogen) atoms. The Morgan fingerprint density at radius 2 is 2.37 bits per heavy atom. The van der Waals surface area contributed by atoms with Gasteiger partial charge in [-0.05, 0) is 37.4 Å². The van der Waals surface area contributed by atoms with Gasteiger partial charge in [-0.3, -0.25) is 0 Å². The molecule has 0 bridgehead atoms. The lowest BCUT2D eigenvalue weighted by Gasteiger charge is -1.98. The molecule has 0 saturated heterocycles. The van der Waals surface area contributed by atoms with Crippen molar-refractivity contribution in [3.05, 3.63) is 29.0 Å². The minimum Gasteiger partial charge on any atom is -0.460 e. The monoisotopic (exact) mass is 281 g/mol. The lowest BCUT2D eigenvalue weighted by atomic mass is 10.2. The van der Waals surface area contributed by atoms with E-state index in [2.05, 4.69) is 4.98 Å². The normalized spacial score (nSPS) is 14.6. The number of furan rings is 1. The van der Waals surface area contributed by atoms with E-state index >= 15 is 0 Å². The van der Waals surface area contributed by atoms with E-state index in [0.29, 0.717) is 23.8 Å². The summed E-state index contributed by atoms with van der Waals surface area (Å²) < 4.78 is 15.5. The van der Waals surface area contributed by atoms with E-state index in [4.69, 9.17) is 25.2 Å². The lowest BCUT2D eigenvalue weighted by molar-refractivity contribution is 0.0489. The second-order valence-corrected chi connectivity index (χ2v) is 4.68. The van der Waals surface area contributed by atoms with Gasteiger partial charge in [0.05, 0.1) is 24.1 Å². The zero-order chi connectivity index (χ0) is 13.4. The Kier molecular flexibility index (Phi) is 3.06. The van der Waals surface area contributed by atoms with Crippen molar-refractivity contribution < 1.29 is 18.4 Å². The molecule has 1 saturated carbocycles. The Morgan fingerprint density at radius 3 is 2.95 bits per heavy atom. The average Bonchev–Trinajstić information content (AvgIpc) is 2.99. The highest BCUT2D eigenvalue weighted by atomic mass is 35.5. The van der Waals surface area contributed by atoms with Crippen LogP contribution >= 0.6 is 11.6 Å². The van der Waals surface area contributed by atoms with Gasteiger partial charge in [0, 0.05) is 5.92 Å². The standard InChI is InChI=1S/C13H12ClNO4/c1-2-17-13(16)10-9(7-3-4-7)15-12(19-10)8-5-6-18-11(8)14/h5-7H,2-4H2,1H3. The quantitative estimate of drug-likeness (QED) is 0.801. The van der Waals surface area contributed by atoms with Crippen LogP contribution in [-0.2, 0) is 4.74 Å². The molecule has 3 rings (SSSR count). The van der Waals surface area contributed by atoms with Crippen molar-refractivity contribution in [3.8, 4) is 11.5 Å². The molecule has 6 heteroatoms. The van der Waals surface area contributed by atoms with Crippen molar-refractivity contribution in [1.82, 2.24) is 4.98 Å². The first-order valence-electron chi connectivity index (χ1n) is 6.12. The molecule has 0 aromatic carbocycles. The fourth-order valence-corrected chi connectivity index (χ4v) is 2.06. The molecular formula is C13H12ClNO4. The molecule has 2 heterocycles. The molecule has 0 radical (unpaired) electrons. The van der Waals surface area contributed by atoms with Crippen molar-refractivity contribution in [2.24, 2.45) is 0 Å². The Morgan fingerprint density at radius 1 is 1.58 bits per heavy atom. The summed E-state index contributed by atoms with van der Waals surface area (Å²) in [5.74, 6) is 0.269. The molecule has 0 atom stereocenters. The molecule has 2 aromatic heterocycles. The Bertz CT molecular complexity index is 612. The van der Waals surface area contributed by atoms with Gasteiger partial charge in [-0.2, -0.15) is 0 Å². The fourth-order valence-electron chi connectivity index (χ4n) is 1.87. The van der Waals surface area contributed by atoms with Gasteiger partial charge in [0.2, 0.25) is 16.9 Å². The number of hydrogen-bond acceptors (Lipinski definition) is 5. The van der Waals surface area contributed by atoms with Crippen molar-refractivity contribution in [2.75, 3.05) is 6.61 Å². The summed E-state index contributed by atoms with van der Waals surface area (Å²) in [6, 6.07) is 1.65. The summed E-state index contributed by atoms with van der Waals surface area (Å²) in [5.41, 5.74) is 1.20. The van der Waals surface area contributed by atoms with Crippen LogP contribution in [0.3, 0.4) is 0 Å². The topological polar surface area (TPSA) is 65.5 Å². The van der Waals surface area contributed by atoms with Crippen molar-refractivity contribution in [2.45, 2.75) is 25.7 Å². The SMILES string of the molecule is CCOC(=O)c1oc(-c2ccoc2Cl)nc1C1CC1. The molecule has 0 N–H and O–H groups in total. The van der Waals surface area contributed by atoms with E-state index in [1.165, 1.54) is 6.26 Å². The first kappa shape index (κ1) is 12.3. The molecule has 0 unspecified atom stereocenters. The molecule has 100 valence electrons. The van der Waals surface area contributed by atoms with E-state index in [-0.39, 0.29) is 16.9 Å². The maximum atomic E-state index is 11.9. The summed E-state index contributed by atoms with van der Waals surface area (Å²) in [4.78, 5) is 16.2. The van der Waals surface area contributed by atoms with Gasteiger partial charge < -0.3 is 13.6 Å². The minimum atomic E-state index is -0.484. The number of carbonyl (C=O) groups is 1. The third kappa shape index (κ3) is 2.26. The molecule has 1 aliphatic carbocycles. The predicted molar refractivity (Wildman–Crippen MR) is 67.1 cm³/mol. The Hall–Kier alpha value is -1.75. The average molecular weight is 282 g/mol. The lowest BCUT2D eigenvalue weighted by Crippen LogP contribution is -2.05. The predicted octanol–water partition coefficient (Wildman–Crippen LogP) is 3.64. The second-order valence-electron chi connectivity index (χ2n) is 4.34. The van der Waals surface area contributed by atoms with Gasteiger partial charge in [0.25, 0.3) is 0 Å². The molecular weight excluding hydrogens is 270 g/mol. The summed E-state index contributed by atoms with van der Waals surface area (Å²) in [6.45, 7) is 2.05. The van der Waals surface area contributed by atoms with Gasteiger partial charge in [-0.25, -0.2) is 9.78 Å². The van der Waals surface area contributed by atoms with E-state index in [1.807, 2.05) is 0 Å². The molecule has 1 aliphatic rings. The number of aromatic nitrogens is 1. The molecule has 2 aromatic rings. The molecule has 0 amide bonds. The number of nitrogens with zero attached hydrogens (tertiary/aromatic N) is 1. The number of carbonyl (C=O) groups excluding carboxylic acids is 1. The number of hydrogen-bond donors (Lipinski definition) is 0. The number of rotatable bonds is 4. The summed E-state index contributed by atoms with van der Waals surface area (Å²) in [6.07, 6.45) is 3.47. The highest BCUT2D eigenvalue weighted by Gasteiger charge is 2.34. The van der Waals surface area contributed by atoms with Gasteiger partial charge in [0.15, 0.2) is 0 Å². The molecule has 5 nitrogen and oxygen atoms in total.